The van der Waals surface area contributed by atoms with E-state index in [0.717, 1.165) is 37.0 Å². The second kappa shape index (κ2) is 14.9. The number of benzene rings is 2. The summed E-state index contributed by atoms with van der Waals surface area (Å²) in [6, 6.07) is 12.7. The quantitative estimate of drug-likeness (QED) is 0.0927. The predicted molar refractivity (Wildman–Crippen MR) is 209 cm³/mol. The Hall–Kier alpha value is -2.35. The van der Waals surface area contributed by atoms with E-state index in [4.69, 9.17) is 4.99 Å². The molecule has 6 rings (SSSR count). The molecule has 1 aliphatic rings. The molecule has 0 saturated carbocycles. The number of aliphatic imine (C=N–C) groups is 1. The van der Waals surface area contributed by atoms with Crippen molar-refractivity contribution in [2.45, 2.75) is 100 Å². The van der Waals surface area contributed by atoms with Crippen LogP contribution >= 0.6 is 34.0 Å². The molecule has 2 N–H and O–H groups in total. The van der Waals surface area contributed by atoms with Crippen molar-refractivity contribution in [1.29, 1.82) is 0 Å². The molecule has 0 spiro atoms. The number of aliphatic hydroxyl groups excluding tert-OH is 1. The first kappa shape index (κ1) is 38.5. The van der Waals surface area contributed by atoms with Crippen LogP contribution in [-0.4, -0.2) is 23.3 Å². The monoisotopic (exact) mass is 878 g/mol. The number of nitrogens with zero attached hydrogens (tertiary/aromatic N) is 1. The zero-order valence-electron chi connectivity index (χ0n) is 29.9. The van der Waals surface area contributed by atoms with Crippen molar-refractivity contribution in [3.05, 3.63) is 74.5 Å². The number of carbonyl (C=O) groups excluding carboxylic acids is 1. The third kappa shape index (κ3) is 7.11. The zero-order valence-corrected chi connectivity index (χ0v) is 34.8. The molecule has 0 fully saturated rings. The number of anilines is 1. The Kier molecular flexibility index (Phi) is 11.9. The molecule has 8 heteroatoms. The van der Waals surface area contributed by atoms with Gasteiger partial charge in [0.2, 0.25) is 0 Å². The molecular formula is C40H49IrN2O2S3-. The summed E-state index contributed by atoms with van der Waals surface area (Å²) in [5.74, 6) is 0.286. The Balaban J connectivity index is 0.000000251. The molecule has 2 aromatic carbocycles. The minimum absolute atomic E-state index is 0. The predicted octanol–water partition coefficient (Wildman–Crippen LogP) is 12.6. The number of hydrogen-bond donors (Lipinski definition) is 2. The van der Waals surface area contributed by atoms with Crippen LogP contribution in [0.2, 0.25) is 0 Å². The summed E-state index contributed by atoms with van der Waals surface area (Å²) in [5, 5.41) is 22.0. The van der Waals surface area contributed by atoms with Gasteiger partial charge in [0.15, 0.2) is 5.78 Å². The SMILES string of the molecule is CCC(C)(CC)C(=O)/C=C(\O)C(C)(CC)CC.Cc1csc2ccc3c4c(sc3c12)C(c1[c-]c2ccsc2c(C(C)(C)C)c1)=NCN4.[Ir]. The maximum absolute atomic E-state index is 12.2. The van der Waals surface area contributed by atoms with Crippen molar-refractivity contribution in [3.8, 4) is 0 Å². The second-order valence-electron chi connectivity index (χ2n) is 14.3. The number of nitrogens with one attached hydrogen (secondary N) is 1. The molecule has 1 radical (unpaired) electrons. The fourth-order valence-electron chi connectivity index (χ4n) is 6.02. The van der Waals surface area contributed by atoms with Crippen LogP contribution < -0.4 is 5.32 Å². The van der Waals surface area contributed by atoms with Gasteiger partial charge in [-0.15, -0.1) is 46.3 Å². The Bertz CT molecular complexity index is 2000. The molecule has 4 heterocycles. The molecule has 3 aromatic heterocycles. The minimum Gasteiger partial charge on any atom is -0.512 e. The van der Waals surface area contributed by atoms with Crippen LogP contribution in [0.5, 0.6) is 0 Å². The van der Waals surface area contributed by atoms with Gasteiger partial charge in [-0.3, -0.25) is 4.79 Å². The molecule has 259 valence electrons. The summed E-state index contributed by atoms with van der Waals surface area (Å²) >= 11 is 5.51. The number of hydrogen-bond acceptors (Lipinski definition) is 7. The molecule has 1 aliphatic heterocycles. The molecule has 48 heavy (non-hydrogen) atoms. The first-order valence-electron chi connectivity index (χ1n) is 16.8. The van der Waals surface area contributed by atoms with E-state index in [9.17, 15) is 9.90 Å². The van der Waals surface area contributed by atoms with Crippen molar-refractivity contribution >= 4 is 81.5 Å². The maximum Gasteiger partial charge on any atom is 0.164 e. The fourth-order valence-corrected chi connectivity index (χ4v) is 9.52. The van der Waals surface area contributed by atoms with Gasteiger partial charge in [-0.1, -0.05) is 79.5 Å². The van der Waals surface area contributed by atoms with Gasteiger partial charge in [-0.05, 0) is 65.1 Å². The largest absolute Gasteiger partial charge is 0.512 e. The minimum atomic E-state index is -0.337. The van der Waals surface area contributed by atoms with Crippen molar-refractivity contribution < 1.29 is 30.0 Å². The van der Waals surface area contributed by atoms with Gasteiger partial charge < -0.3 is 15.4 Å². The summed E-state index contributed by atoms with van der Waals surface area (Å²) in [7, 11) is 0. The summed E-state index contributed by atoms with van der Waals surface area (Å²) < 4.78 is 4.07. The molecule has 4 nitrogen and oxygen atoms in total. The van der Waals surface area contributed by atoms with Gasteiger partial charge in [-0.2, -0.15) is 11.3 Å². The standard InChI is InChI=1S/C25H21N2S3.C15H28O2.Ir/c1-13-11-29-18-6-5-16-21-24(30-23(16)19(13)18)20(26-12-27-21)15-9-14-7-8-28-22(14)17(10-15)25(2,3)4;1-7-14(5,8-2)12(16)11-13(17)15(6,9-3)10-4;/h5-8,10-11,27H,12H2,1-4H3;11,16H,7-10H2,1-6H3;/q-1;;/b;12-11-;. The van der Waals surface area contributed by atoms with E-state index in [1.807, 2.05) is 75.6 Å². The molecule has 0 aliphatic carbocycles. The summed E-state index contributed by atoms with van der Waals surface area (Å²) in [6.45, 7) is 21.8. The van der Waals surface area contributed by atoms with Crippen molar-refractivity contribution in [2.75, 3.05) is 12.0 Å². The number of ketones is 1. The fraction of sp³-hybridized carbons (Fsp3) is 0.450. The normalized spacial score (nSPS) is 13.9. The van der Waals surface area contributed by atoms with Crippen LogP contribution in [0.1, 0.15) is 110 Å². The van der Waals surface area contributed by atoms with Gasteiger partial charge >= 0.3 is 0 Å². The van der Waals surface area contributed by atoms with Crippen molar-refractivity contribution in [1.82, 2.24) is 0 Å². The first-order chi connectivity index (χ1) is 22.2. The third-order valence-corrected chi connectivity index (χ3v) is 13.7. The average Bonchev–Trinajstić information content (AvgIpc) is 3.79. The summed E-state index contributed by atoms with van der Waals surface area (Å²) in [4.78, 5) is 18.3. The number of fused-ring (bicyclic) bond motifs is 6. The van der Waals surface area contributed by atoms with Crippen LogP contribution in [-0.2, 0) is 30.3 Å². The second-order valence-corrected chi connectivity index (χ2v) is 17.2. The van der Waals surface area contributed by atoms with E-state index in [1.54, 1.807) is 0 Å². The van der Waals surface area contributed by atoms with Gasteiger partial charge in [0.1, 0.15) is 5.76 Å². The Morgan fingerprint density at radius 3 is 2.27 bits per heavy atom. The van der Waals surface area contributed by atoms with E-state index < -0.39 is 0 Å². The number of aryl methyl sites for hydroxylation is 1. The van der Waals surface area contributed by atoms with Crippen molar-refractivity contribution in [3.63, 3.8) is 0 Å². The molecule has 0 unspecified atom stereocenters. The first-order valence-corrected chi connectivity index (χ1v) is 19.4. The number of carbonyl (C=O) groups is 1. The Labute approximate surface area is 312 Å². The molecule has 0 amide bonds. The van der Waals surface area contributed by atoms with Gasteiger partial charge in [0.25, 0.3) is 0 Å². The number of rotatable bonds is 8. The summed E-state index contributed by atoms with van der Waals surface area (Å²) in [5.41, 5.74) is 5.62. The van der Waals surface area contributed by atoms with E-state index >= 15 is 0 Å². The van der Waals surface area contributed by atoms with Crippen LogP contribution in [0.4, 0.5) is 5.69 Å². The van der Waals surface area contributed by atoms with E-state index in [0.29, 0.717) is 6.67 Å². The van der Waals surface area contributed by atoms with Crippen LogP contribution in [0.15, 0.2) is 51.9 Å². The molecular weight excluding hydrogens is 829 g/mol. The van der Waals surface area contributed by atoms with Crippen LogP contribution in [0.3, 0.4) is 0 Å². The third-order valence-electron chi connectivity index (χ3n) is 10.4. The van der Waals surface area contributed by atoms with Crippen LogP contribution in [0, 0.1) is 23.8 Å². The molecule has 5 aromatic rings. The molecule has 0 saturated heterocycles. The van der Waals surface area contributed by atoms with Crippen molar-refractivity contribution in [2.24, 2.45) is 15.8 Å². The smallest absolute Gasteiger partial charge is 0.164 e. The van der Waals surface area contributed by atoms with Gasteiger partial charge in [0, 0.05) is 67.8 Å². The number of allylic oxidation sites excluding steroid dienone is 2. The van der Waals surface area contributed by atoms with E-state index in [-0.39, 0.29) is 47.9 Å². The van der Waals surface area contributed by atoms with Crippen LogP contribution in [0.25, 0.3) is 30.3 Å². The number of aliphatic hydroxyl groups is 1. The summed E-state index contributed by atoms with van der Waals surface area (Å²) in [6.07, 6.45) is 4.75. The topological polar surface area (TPSA) is 61.7 Å². The van der Waals surface area contributed by atoms with E-state index in [1.165, 1.54) is 58.0 Å². The average molecular weight is 878 g/mol. The Morgan fingerprint density at radius 2 is 1.65 bits per heavy atom. The molecule has 0 bridgehead atoms. The number of thiophene rings is 3. The molecule has 0 atom stereocenters. The zero-order chi connectivity index (χ0) is 34.3. The van der Waals surface area contributed by atoms with Gasteiger partial charge in [-0.25, -0.2) is 0 Å². The van der Waals surface area contributed by atoms with Gasteiger partial charge in [0.05, 0.1) is 12.4 Å². The maximum atomic E-state index is 12.2. The Morgan fingerprint density at radius 1 is 0.979 bits per heavy atom. The van der Waals surface area contributed by atoms with E-state index in [2.05, 4.69) is 74.1 Å².